The second-order valence-corrected chi connectivity index (χ2v) is 7.97. The Morgan fingerprint density at radius 3 is 2.50 bits per heavy atom. The standard InChI is InChI=1S/C22H24N4O3S/c27-20(16-30-22-24-18-8-4-5-9-19(18)29-22)23-11-10-21(28)26-14-12-25(13-15-26)17-6-2-1-3-7-17/h1-9H,10-16H2,(H,23,27). The summed E-state index contributed by atoms with van der Waals surface area (Å²) in [6, 6.07) is 17.7. The summed E-state index contributed by atoms with van der Waals surface area (Å²) in [5, 5.41) is 3.28. The smallest absolute Gasteiger partial charge is 0.257 e. The highest BCUT2D eigenvalue weighted by Crippen LogP contribution is 2.22. The van der Waals surface area contributed by atoms with Crippen molar-refractivity contribution in [2.45, 2.75) is 11.6 Å². The molecule has 1 fully saturated rings. The zero-order chi connectivity index (χ0) is 20.8. The van der Waals surface area contributed by atoms with Gasteiger partial charge in [0.15, 0.2) is 5.58 Å². The SMILES string of the molecule is O=C(CSc1nc2ccccc2o1)NCCC(=O)N1CCN(c2ccccc2)CC1. The van der Waals surface area contributed by atoms with Crippen LogP contribution >= 0.6 is 11.8 Å². The zero-order valence-electron chi connectivity index (χ0n) is 16.6. The molecule has 4 rings (SSSR count). The summed E-state index contributed by atoms with van der Waals surface area (Å²) in [6.45, 7) is 3.39. The van der Waals surface area contributed by atoms with Gasteiger partial charge in [0.1, 0.15) is 5.52 Å². The Morgan fingerprint density at radius 1 is 1.00 bits per heavy atom. The number of benzene rings is 2. The number of rotatable bonds is 7. The first-order chi connectivity index (χ1) is 14.7. The number of aromatic nitrogens is 1. The second kappa shape index (κ2) is 9.67. The van der Waals surface area contributed by atoms with Gasteiger partial charge in [-0.3, -0.25) is 9.59 Å². The van der Waals surface area contributed by atoms with Crippen molar-refractivity contribution in [1.29, 1.82) is 0 Å². The Balaban J connectivity index is 1.14. The van der Waals surface area contributed by atoms with Gasteiger partial charge in [-0.05, 0) is 24.3 Å². The van der Waals surface area contributed by atoms with Gasteiger partial charge in [-0.15, -0.1) is 0 Å². The number of nitrogens with one attached hydrogen (secondary N) is 1. The molecule has 2 aromatic carbocycles. The van der Waals surface area contributed by atoms with Gasteiger partial charge < -0.3 is 19.5 Å². The Hall–Kier alpha value is -3.00. The average molecular weight is 425 g/mol. The molecule has 1 aromatic heterocycles. The van der Waals surface area contributed by atoms with Crippen molar-refractivity contribution in [1.82, 2.24) is 15.2 Å². The maximum Gasteiger partial charge on any atom is 0.257 e. The second-order valence-electron chi connectivity index (χ2n) is 7.04. The van der Waals surface area contributed by atoms with Crippen molar-refractivity contribution in [2.75, 3.05) is 43.4 Å². The van der Waals surface area contributed by atoms with Gasteiger partial charge in [-0.25, -0.2) is 4.98 Å². The summed E-state index contributed by atoms with van der Waals surface area (Å²) in [5.74, 6) is 0.148. The van der Waals surface area contributed by atoms with Gasteiger partial charge in [-0.2, -0.15) is 0 Å². The summed E-state index contributed by atoms with van der Waals surface area (Å²) in [5.41, 5.74) is 2.67. The van der Waals surface area contributed by atoms with Crippen LogP contribution in [0.5, 0.6) is 0 Å². The Kier molecular flexibility index (Phi) is 6.53. The summed E-state index contributed by atoms with van der Waals surface area (Å²) in [7, 11) is 0. The molecule has 156 valence electrons. The number of piperazine rings is 1. The van der Waals surface area contributed by atoms with Crippen LogP contribution in [0.2, 0.25) is 0 Å². The third kappa shape index (κ3) is 5.13. The lowest BCUT2D eigenvalue weighted by Crippen LogP contribution is -2.49. The molecule has 1 aliphatic heterocycles. The predicted octanol–water partition coefficient (Wildman–Crippen LogP) is 2.78. The van der Waals surface area contributed by atoms with Crippen LogP contribution in [0.4, 0.5) is 5.69 Å². The van der Waals surface area contributed by atoms with E-state index in [0.717, 1.165) is 18.6 Å². The Bertz CT molecular complexity index is 967. The number of carbonyl (C=O) groups excluding carboxylic acids is 2. The van der Waals surface area contributed by atoms with Crippen LogP contribution < -0.4 is 10.2 Å². The number of hydrogen-bond donors (Lipinski definition) is 1. The van der Waals surface area contributed by atoms with Crippen LogP contribution in [0.1, 0.15) is 6.42 Å². The molecule has 0 unspecified atom stereocenters. The molecular weight excluding hydrogens is 400 g/mol. The quantitative estimate of drug-likeness (QED) is 0.588. The molecule has 30 heavy (non-hydrogen) atoms. The molecule has 2 heterocycles. The van der Waals surface area contributed by atoms with Crippen molar-refractivity contribution in [3.05, 3.63) is 54.6 Å². The first kappa shape index (κ1) is 20.3. The molecule has 0 spiro atoms. The third-order valence-corrected chi connectivity index (χ3v) is 5.84. The maximum absolute atomic E-state index is 12.4. The molecule has 0 aliphatic carbocycles. The molecular formula is C22H24N4O3S. The van der Waals surface area contributed by atoms with E-state index in [4.69, 9.17) is 4.42 Å². The highest BCUT2D eigenvalue weighted by atomic mass is 32.2. The van der Waals surface area contributed by atoms with E-state index in [2.05, 4.69) is 27.3 Å². The van der Waals surface area contributed by atoms with E-state index in [1.54, 1.807) is 0 Å². The molecule has 0 atom stereocenters. The van der Waals surface area contributed by atoms with Gasteiger partial charge in [0, 0.05) is 44.8 Å². The highest BCUT2D eigenvalue weighted by molar-refractivity contribution is 7.99. The number of thioether (sulfide) groups is 1. The number of carbonyl (C=O) groups is 2. The fourth-order valence-corrected chi connectivity index (χ4v) is 4.08. The summed E-state index contributed by atoms with van der Waals surface area (Å²) < 4.78 is 5.59. The number of fused-ring (bicyclic) bond motifs is 1. The monoisotopic (exact) mass is 424 g/mol. The molecule has 1 saturated heterocycles. The van der Waals surface area contributed by atoms with Gasteiger partial charge >= 0.3 is 0 Å². The van der Waals surface area contributed by atoms with Crippen LogP contribution in [-0.4, -0.2) is 60.2 Å². The summed E-state index contributed by atoms with van der Waals surface area (Å²) in [4.78, 5) is 33.0. The predicted molar refractivity (Wildman–Crippen MR) is 118 cm³/mol. The molecule has 0 saturated carbocycles. The van der Waals surface area contributed by atoms with Crippen LogP contribution in [0.3, 0.4) is 0 Å². The molecule has 2 amide bonds. The van der Waals surface area contributed by atoms with E-state index in [-0.39, 0.29) is 17.6 Å². The van der Waals surface area contributed by atoms with Crippen LogP contribution in [0, 0.1) is 0 Å². The van der Waals surface area contributed by atoms with Crippen molar-refractivity contribution < 1.29 is 14.0 Å². The summed E-state index contributed by atoms with van der Waals surface area (Å²) >= 11 is 1.25. The number of anilines is 1. The van der Waals surface area contributed by atoms with Gasteiger partial charge in [0.2, 0.25) is 11.8 Å². The summed E-state index contributed by atoms with van der Waals surface area (Å²) in [6.07, 6.45) is 0.310. The van der Waals surface area contributed by atoms with Gasteiger partial charge in [0.25, 0.3) is 5.22 Å². The Labute approximate surface area is 179 Å². The molecule has 1 aliphatic rings. The number of nitrogens with zero attached hydrogens (tertiary/aromatic N) is 3. The molecule has 0 radical (unpaired) electrons. The van der Waals surface area contributed by atoms with E-state index in [1.807, 2.05) is 47.4 Å². The van der Waals surface area contributed by atoms with Crippen LogP contribution in [0.25, 0.3) is 11.1 Å². The van der Waals surface area contributed by atoms with Crippen molar-refractivity contribution in [2.24, 2.45) is 0 Å². The normalized spacial score (nSPS) is 14.1. The van der Waals surface area contributed by atoms with Crippen LogP contribution in [0.15, 0.2) is 64.2 Å². The first-order valence-corrected chi connectivity index (χ1v) is 11.0. The van der Waals surface area contributed by atoms with Gasteiger partial charge in [0.05, 0.1) is 5.75 Å². The van der Waals surface area contributed by atoms with E-state index < -0.39 is 0 Å². The lowest BCUT2D eigenvalue weighted by Gasteiger charge is -2.36. The minimum Gasteiger partial charge on any atom is -0.431 e. The topological polar surface area (TPSA) is 78.7 Å². The lowest BCUT2D eigenvalue weighted by molar-refractivity contribution is -0.131. The third-order valence-electron chi connectivity index (χ3n) is 5.02. The lowest BCUT2D eigenvalue weighted by atomic mass is 10.2. The molecule has 7 nitrogen and oxygen atoms in total. The number of hydrogen-bond acceptors (Lipinski definition) is 6. The van der Waals surface area contributed by atoms with Crippen molar-refractivity contribution in [3.8, 4) is 0 Å². The van der Waals surface area contributed by atoms with E-state index in [0.29, 0.717) is 36.9 Å². The van der Waals surface area contributed by atoms with Gasteiger partial charge in [-0.1, -0.05) is 42.1 Å². The molecule has 1 N–H and O–H groups in total. The van der Waals surface area contributed by atoms with Crippen LogP contribution in [-0.2, 0) is 9.59 Å². The highest BCUT2D eigenvalue weighted by Gasteiger charge is 2.21. The van der Waals surface area contributed by atoms with Crippen molar-refractivity contribution >= 4 is 40.4 Å². The number of para-hydroxylation sites is 3. The van der Waals surface area contributed by atoms with E-state index >= 15 is 0 Å². The molecule has 3 aromatic rings. The zero-order valence-corrected chi connectivity index (χ0v) is 17.4. The molecule has 8 heteroatoms. The minimum atomic E-state index is -0.135. The molecule has 0 bridgehead atoms. The number of oxazole rings is 1. The number of amides is 2. The van der Waals surface area contributed by atoms with E-state index in [1.165, 1.54) is 17.4 Å². The largest absolute Gasteiger partial charge is 0.431 e. The fourth-order valence-electron chi connectivity index (χ4n) is 3.41. The maximum atomic E-state index is 12.4. The first-order valence-electron chi connectivity index (χ1n) is 10.0. The van der Waals surface area contributed by atoms with E-state index in [9.17, 15) is 9.59 Å². The Morgan fingerprint density at radius 2 is 1.73 bits per heavy atom. The fraction of sp³-hybridized carbons (Fsp3) is 0.318. The van der Waals surface area contributed by atoms with Crippen molar-refractivity contribution in [3.63, 3.8) is 0 Å². The average Bonchev–Trinajstić information content (AvgIpc) is 3.21. The minimum absolute atomic E-state index is 0.0783.